The predicted octanol–water partition coefficient (Wildman–Crippen LogP) is 3.32. The smallest absolute Gasteiger partial charge is 0.257 e. The van der Waals surface area contributed by atoms with Gasteiger partial charge in [0.25, 0.3) is 5.88 Å². The quantitative estimate of drug-likeness (QED) is 0.644. The summed E-state index contributed by atoms with van der Waals surface area (Å²) < 4.78 is 7.40. The van der Waals surface area contributed by atoms with Crippen LogP contribution in [-0.2, 0) is 0 Å². The maximum absolute atomic E-state index is 9.51. The lowest BCUT2D eigenvalue weighted by atomic mass is 9.89. The number of rotatable bonds is 6. The maximum Gasteiger partial charge on any atom is 0.257 e. The number of anilines is 2. The summed E-state index contributed by atoms with van der Waals surface area (Å²) in [4.78, 5) is 15.8. The first kappa shape index (κ1) is 18.6. The van der Waals surface area contributed by atoms with Crippen LogP contribution in [0.15, 0.2) is 36.7 Å². The molecule has 5 rings (SSSR count). The number of benzene rings is 1. The summed E-state index contributed by atoms with van der Waals surface area (Å²) in [6.45, 7) is 1.95. The number of aromatic nitrogens is 3. The standard InChI is InChI=1S/C21H25N5O2S/c27-13-14-4-3-9-26(12-14)19-20(23-8-7-22-19)28-16-10-15(11-16)24-21-25-17-5-1-2-6-18(17)29-21/h1-2,5-8,14-16,27H,3-4,9-13H2,(H,24,25)/t14-,15-,16-/m1/s1. The monoisotopic (exact) mass is 411 g/mol. The summed E-state index contributed by atoms with van der Waals surface area (Å²) in [7, 11) is 0. The number of thiazole rings is 1. The lowest BCUT2D eigenvalue weighted by Crippen LogP contribution is -2.43. The van der Waals surface area contributed by atoms with Crippen molar-refractivity contribution in [1.29, 1.82) is 0 Å². The number of aliphatic hydroxyl groups excluding tert-OH is 1. The third-order valence-electron chi connectivity index (χ3n) is 5.72. The second kappa shape index (κ2) is 8.12. The molecule has 29 heavy (non-hydrogen) atoms. The molecule has 1 saturated heterocycles. The SMILES string of the molecule is OC[C@@H]1CCCN(c2nccnc2O[C@H]2C[C@H](Nc3nc4ccccc4s3)C2)C1. The largest absolute Gasteiger partial charge is 0.472 e. The van der Waals surface area contributed by atoms with E-state index in [9.17, 15) is 5.11 Å². The van der Waals surface area contributed by atoms with E-state index in [1.54, 1.807) is 23.7 Å². The number of hydrogen-bond acceptors (Lipinski definition) is 8. The molecule has 2 N–H and O–H groups in total. The summed E-state index contributed by atoms with van der Waals surface area (Å²) >= 11 is 1.69. The van der Waals surface area contributed by atoms with Gasteiger partial charge >= 0.3 is 0 Å². The fourth-order valence-electron chi connectivity index (χ4n) is 4.07. The lowest BCUT2D eigenvalue weighted by molar-refractivity contribution is 0.102. The molecule has 7 nitrogen and oxygen atoms in total. The van der Waals surface area contributed by atoms with E-state index in [-0.39, 0.29) is 12.7 Å². The van der Waals surface area contributed by atoms with Crippen molar-refractivity contribution < 1.29 is 9.84 Å². The molecule has 2 aliphatic rings. The van der Waals surface area contributed by atoms with Crippen LogP contribution >= 0.6 is 11.3 Å². The minimum absolute atomic E-state index is 0.135. The minimum atomic E-state index is 0.135. The van der Waals surface area contributed by atoms with Crippen LogP contribution in [0.25, 0.3) is 10.2 Å². The molecular weight excluding hydrogens is 386 g/mol. The highest BCUT2D eigenvalue weighted by atomic mass is 32.1. The Morgan fingerprint density at radius 2 is 2.07 bits per heavy atom. The summed E-state index contributed by atoms with van der Waals surface area (Å²) in [5.74, 6) is 1.70. The Kier molecular flexibility index (Phi) is 5.20. The van der Waals surface area contributed by atoms with Gasteiger partial charge in [0.2, 0.25) is 0 Å². The molecule has 8 heteroatoms. The Hall–Kier alpha value is -2.45. The summed E-state index contributed by atoms with van der Waals surface area (Å²) in [5.41, 5.74) is 1.04. The molecule has 0 unspecified atom stereocenters. The molecule has 0 amide bonds. The molecule has 0 spiro atoms. The van der Waals surface area contributed by atoms with Crippen molar-refractivity contribution in [3.05, 3.63) is 36.7 Å². The third-order valence-corrected chi connectivity index (χ3v) is 6.69. The molecule has 1 aliphatic heterocycles. The second-order valence-electron chi connectivity index (χ2n) is 7.86. The van der Waals surface area contributed by atoms with Gasteiger partial charge in [-0.05, 0) is 30.9 Å². The highest BCUT2D eigenvalue weighted by Crippen LogP contribution is 2.34. The summed E-state index contributed by atoms with van der Waals surface area (Å²) in [5, 5.41) is 14.0. The van der Waals surface area contributed by atoms with Crippen molar-refractivity contribution in [2.75, 3.05) is 29.9 Å². The van der Waals surface area contributed by atoms with Crippen LogP contribution in [0.2, 0.25) is 0 Å². The number of ether oxygens (including phenoxy) is 1. The van der Waals surface area contributed by atoms with Gasteiger partial charge in [-0.25, -0.2) is 15.0 Å². The molecule has 0 bridgehead atoms. The fourth-order valence-corrected chi connectivity index (χ4v) is 5.01. The Morgan fingerprint density at radius 3 is 2.93 bits per heavy atom. The van der Waals surface area contributed by atoms with Crippen LogP contribution in [0, 0.1) is 5.92 Å². The summed E-state index contributed by atoms with van der Waals surface area (Å²) in [6.07, 6.45) is 7.49. The van der Waals surface area contributed by atoms with E-state index in [0.717, 1.165) is 55.2 Å². The Bertz CT molecular complexity index is 941. The maximum atomic E-state index is 9.51. The average molecular weight is 412 g/mol. The van der Waals surface area contributed by atoms with Crippen molar-refractivity contribution in [3.63, 3.8) is 0 Å². The van der Waals surface area contributed by atoms with Crippen LogP contribution in [0.1, 0.15) is 25.7 Å². The first-order valence-corrected chi connectivity index (χ1v) is 11.1. The van der Waals surface area contributed by atoms with E-state index in [1.807, 2.05) is 18.2 Å². The van der Waals surface area contributed by atoms with Crippen LogP contribution in [0.5, 0.6) is 5.88 Å². The predicted molar refractivity (Wildman–Crippen MR) is 115 cm³/mol. The molecule has 1 saturated carbocycles. The van der Waals surface area contributed by atoms with Crippen molar-refractivity contribution >= 4 is 32.5 Å². The molecule has 3 heterocycles. The highest BCUT2D eigenvalue weighted by molar-refractivity contribution is 7.22. The van der Waals surface area contributed by atoms with Gasteiger partial charge in [-0.1, -0.05) is 23.5 Å². The molecule has 3 aromatic rings. The first-order chi connectivity index (χ1) is 14.3. The molecule has 1 aromatic carbocycles. The number of para-hydroxylation sites is 1. The summed E-state index contributed by atoms with van der Waals surface area (Å²) in [6, 6.07) is 8.57. The Balaban J connectivity index is 1.19. The van der Waals surface area contributed by atoms with Gasteiger partial charge in [0, 0.05) is 51.0 Å². The second-order valence-corrected chi connectivity index (χ2v) is 8.89. The lowest BCUT2D eigenvalue weighted by Gasteiger charge is -2.37. The number of nitrogens with zero attached hydrogens (tertiary/aromatic N) is 4. The van der Waals surface area contributed by atoms with Gasteiger partial charge in [-0.15, -0.1) is 0 Å². The van der Waals surface area contributed by atoms with Crippen LogP contribution in [0.3, 0.4) is 0 Å². The number of nitrogens with one attached hydrogen (secondary N) is 1. The molecule has 2 fully saturated rings. The Morgan fingerprint density at radius 1 is 1.21 bits per heavy atom. The van der Waals surface area contributed by atoms with Gasteiger partial charge in [0.1, 0.15) is 6.10 Å². The van der Waals surface area contributed by atoms with Gasteiger partial charge in [0.15, 0.2) is 10.9 Å². The van der Waals surface area contributed by atoms with Crippen LogP contribution in [0.4, 0.5) is 10.9 Å². The topological polar surface area (TPSA) is 83.4 Å². The molecule has 1 aliphatic carbocycles. The van der Waals surface area contributed by atoms with Crippen LogP contribution < -0.4 is 15.0 Å². The third kappa shape index (κ3) is 4.00. The number of piperidine rings is 1. The minimum Gasteiger partial charge on any atom is -0.472 e. The van der Waals surface area contributed by atoms with Crippen molar-refractivity contribution in [1.82, 2.24) is 15.0 Å². The Labute approximate surface area is 173 Å². The van der Waals surface area contributed by atoms with E-state index >= 15 is 0 Å². The number of aliphatic hydroxyl groups is 1. The van der Waals surface area contributed by atoms with Crippen molar-refractivity contribution in [2.24, 2.45) is 5.92 Å². The van der Waals surface area contributed by atoms with Crippen LogP contribution in [-0.4, -0.2) is 51.9 Å². The average Bonchev–Trinajstić information content (AvgIpc) is 3.15. The van der Waals surface area contributed by atoms with Gasteiger partial charge < -0.3 is 20.1 Å². The van der Waals surface area contributed by atoms with Gasteiger partial charge in [-0.3, -0.25) is 0 Å². The van der Waals surface area contributed by atoms with Crippen molar-refractivity contribution in [2.45, 2.75) is 37.8 Å². The first-order valence-electron chi connectivity index (χ1n) is 10.2. The normalized spacial score (nSPS) is 24.3. The van der Waals surface area contributed by atoms with Gasteiger partial charge in [-0.2, -0.15) is 0 Å². The molecular formula is C21H25N5O2S. The number of fused-ring (bicyclic) bond motifs is 1. The molecule has 0 radical (unpaired) electrons. The van der Waals surface area contributed by atoms with E-state index in [4.69, 9.17) is 4.74 Å². The van der Waals surface area contributed by atoms with E-state index < -0.39 is 0 Å². The molecule has 2 aromatic heterocycles. The zero-order chi connectivity index (χ0) is 19.6. The molecule has 152 valence electrons. The van der Waals surface area contributed by atoms with E-state index in [2.05, 4.69) is 31.2 Å². The number of hydrogen-bond donors (Lipinski definition) is 2. The zero-order valence-corrected chi connectivity index (χ0v) is 17.0. The van der Waals surface area contributed by atoms with Gasteiger partial charge in [0.05, 0.1) is 10.2 Å². The van der Waals surface area contributed by atoms with E-state index in [0.29, 0.717) is 17.8 Å². The van der Waals surface area contributed by atoms with Crippen molar-refractivity contribution in [3.8, 4) is 5.88 Å². The highest BCUT2D eigenvalue weighted by Gasteiger charge is 2.33. The van der Waals surface area contributed by atoms with E-state index in [1.165, 1.54) is 4.70 Å². The zero-order valence-electron chi connectivity index (χ0n) is 16.2. The fraction of sp³-hybridized carbons (Fsp3) is 0.476. The molecule has 1 atom stereocenters.